The molecule has 9 heteroatoms. The maximum Gasteiger partial charge on any atom is 0.472 e. The molecule has 192 valence electrons. The summed E-state index contributed by atoms with van der Waals surface area (Å²) in [5, 5.41) is 1.93. The van der Waals surface area contributed by atoms with E-state index in [1.165, 1.54) is 77.0 Å². The van der Waals surface area contributed by atoms with Crippen LogP contribution in [0.4, 0.5) is 0 Å². The van der Waals surface area contributed by atoms with Gasteiger partial charge in [0.25, 0.3) is 0 Å². The number of phosphoric ester groups is 1. The SMILES string of the molecule is CCCCCCCCCCCCCCC[C@@H]1OC[C@@H](COP(=O)(O)OCC[n+]2ccsc2)O1. The first kappa shape index (κ1) is 28.9. The van der Waals surface area contributed by atoms with Gasteiger partial charge in [0.15, 0.2) is 19.0 Å². The van der Waals surface area contributed by atoms with Crippen molar-refractivity contribution >= 4 is 19.2 Å². The second-order valence-electron chi connectivity index (χ2n) is 8.91. The molecule has 1 unspecified atom stereocenters. The molecular weight excluding hydrogens is 461 g/mol. The van der Waals surface area contributed by atoms with E-state index in [1.54, 1.807) is 11.3 Å². The summed E-state index contributed by atoms with van der Waals surface area (Å²) in [7, 11) is -4.08. The largest absolute Gasteiger partial charge is 0.472 e. The molecule has 0 spiro atoms. The number of hydrogen-bond donors (Lipinski definition) is 1. The third-order valence-corrected chi connectivity index (χ3v) is 7.57. The summed E-state index contributed by atoms with van der Waals surface area (Å²) < 4.78 is 35.4. The highest BCUT2D eigenvalue weighted by Gasteiger charge is 2.30. The van der Waals surface area contributed by atoms with Gasteiger partial charge in [0, 0.05) is 0 Å². The molecule has 33 heavy (non-hydrogen) atoms. The van der Waals surface area contributed by atoms with Crippen molar-refractivity contribution in [2.24, 2.45) is 0 Å². The minimum atomic E-state index is -4.08. The molecule has 1 aliphatic heterocycles. The summed E-state index contributed by atoms with van der Waals surface area (Å²) in [5.41, 5.74) is 1.91. The smallest absolute Gasteiger partial charge is 0.350 e. The van der Waals surface area contributed by atoms with Gasteiger partial charge in [-0.05, 0) is 12.8 Å². The van der Waals surface area contributed by atoms with Crippen LogP contribution in [0.5, 0.6) is 0 Å². The second kappa shape index (κ2) is 18.0. The van der Waals surface area contributed by atoms with E-state index < -0.39 is 7.82 Å². The Bertz CT molecular complexity index is 632. The molecule has 1 aromatic heterocycles. The van der Waals surface area contributed by atoms with Gasteiger partial charge in [-0.3, -0.25) is 9.05 Å². The molecule has 2 heterocycles. The first-order valence-corrected chi connectivity index (χ1v) is 15.3. The predicted molar refractivity (Wildman–Crippen MR) is 131 cm³/mol. The fraction of sp³-hybridized carbons (Fsp3) is 0.875. The zero-order chi connectivity index (χ0) is 23.6. The van der Waals surface area contributed by atoms with Gasteiger partial charge in [0.05, 0.1) is 18.6 Å². The van der Waals surface area contributed by atoms with E-state index in [1.807, 2.05) is 21.7 Å². The van der Waals surface area contributed by atoms with Gasteiger partial charge in [0.2, 0.25) is 5.51 Å². The van der Waals surface area contributed by atoms with Crippen molar-refractivity contribution in [2.45, 2.75) is 116 Å². The molecular formula is C24H45NO6PS+. The van der Waals surface area contributed by atoms with E-state index in [2.05, 4.69) is 6.92 Å². The van der Waals surface area contributed by atoms with Gasteiger partial charge >= 0.3 is 7.82 Å². The van der Waals surface area contributed by atoms with Crippen LogP contribution in [0.25, 0.3) is 0 Å². The minimum Gasteiger partial charge on any atom is -0.350 e. The van der Waals surface area contributed by atoms with Crippen LogP contribution in [0.3, 0.4) is 0 Å². The molecule has 0 aliphatic carbocycles. The average Bonchev–Trinajstić information content (AvgIpc) is 3.48. The number of unbranched alkanes of at least 4 members (excludes halogenated alkanes) is 12. The first-order valence-electron chi connectivity index (χ1n) is 12.9. The fourth-order valence-electron chi connectivity index (χ4n) is 3.94. The summed E-state index contributed by atoms with van der Waals surface area (Å²) in [4.78, 5) is 9.81. The van der Waals surface area contributed by atoms with Gasteiger partial charge in [-0.15, -0.1) is 0 Å². The lowest BCUT2D eigenvalue weighted by Crippen LogP contribution is -2.32. The van der Waals surface area contributed by atoms with Crippen molar-refractivity contribution in [3.05, 3.63) is 17.1 Å². The third kappa shape index (κ3) is 14.6. The summed E-state index contributed by atoms with van der Waals surface area (Å²) in [5.74, 6) is 0. The number of aromatic nitrogens is 1. The molecule has 0 amide bonds. The highest BCUT2D eigenvalue weighted by atomic mass is 32.1. The van der Waals surface area contributed by atoms with E-state index in [9.17, 15) is 9.46 Å². The van der Waals surface area contributed by atoms with Gasteiger partial charge in [-0.1, -0.05) is 95.3 Å². The number of rotatable bonds is 21. The van der Waals surface area contributed by atoms with Crippen molar-refractivity contribution in [2.75, 3.05) is 19.8 Å². The number of nitrogens with zero attached hydrogens (tertiary/aromatic N) is 1. The standard InChI is InChI=1S/C24H44NO6PS/c1-2-3-4-5-6-7-8-9-10-11-12-13-14-15-24-28-20-23(31-24)21-30-32(26,27)29-18-16-25-17-19-33-22-25/h17,19,22-24H,2-16,18,20-21H2,1H3/p+1/t23-,24+/m0/s1. The Morgan fingerprint density at radius 2 is 1.64 bits per heavy atom. The lowest BCUT2D eigenvalue weighted by molar-refractivity contribution is -0.693. The molecule has 1 saturated heterocycles. The van der Waals surface area contributed by atoms with E-state index in [-0.39, 0.29) is 25.6 Å². The highest BCUT2D eigenvalue weighted by molar-refractivity contribution is 7.47. The van der Waals surface area contributed by atoms with Crippen molar-refractivity contribution in [1.29, 1.82) is 0 Å². The first-order chi connectivity index (χ1) is 16.1. The Morgan fingerprint density at radius 3 is 2.24 bits per heavy atom. The van der Waals surface area contributed by atoms with E-state index in [4.69, 9.17) is 18.5 Å². The van der Waals surface area contributed by atoms with Crippen LogP contribution >= 0.6 is 19.2 Å². The fourth-order valence-corrected chi connectivity index (χ4v) is 5.31. The Hall–Kier alpha value is -0.340. The number of ether oxygens (including phenoxy) is 2. The normalized spacial score (nSPS) is 20.3. The zero-order valence-corrected chi connectivity index (χ0v) is 22.1. The molecule has 0 radical (unpaired) electrons. The Kier molecular flexibility index (Phi) is 15.8. The molecule has 7 nitrogen and oxygen atoms in total. The van der Waals surface area contributed by atoms with Crippen molar-refractivity contribution < 1.29 is 32.5 Å². The molecule has 1 N–H and O–H groups in total. The summed E-state index contributed by atoms with van der Waals surface area (Å²) in [6.07, 6.45) is 19.5. The molecule has 1 fully saturated rings. The third-order valence-electron chi connectivity index (χ3n) is 5.91. The van der Waals surface area contributed by atoms with E-state index in [0.717, 1.165) is 12.8 Å². The minimum absolute atomic E-state index is 0.00548. The van der Waals surface area contributed by atoms with Crippen LogP contribution in [-0.2, 0) is 29.6 Å². The van der Waals surface area contributed by atoms with Crippen LogP contribution in [0, 0.1) is 0 Å². The summed E-state index contributed by atoms with van der Waals surface area (Å²) >= 11 is 1.55. The number of thiazole rings is 1. The maximum atomic E-state index is 12.0. The topological polar surface area (TPSA) is 78.1 Å². The van der Waals surface area contributed by atoms with E-state index >= 15 is 0 Å². The number of hydrogen-bond acceptors (Lipinski definition) is 6. The molecule has 0 aromatic carbocycles. The highest BCUT2D eigenvalue weighted by Crippen LogP contribution is 2.43. The van der Waals surface area contributed by atoms with Crippen molar-refractivity contribution in [3.8, 4) is 0 Å². The molecule has 1 aromatic rings. The number of phosphoric acid groups is 1. The Morgan fingerprint density at radius 1 is 1.00 bits per heavy atom. The average molecular weight is 507 g/mol. The lowest BCUT2D eigenvalue weighted by Gasteiger charge is -2.14. The Labute approximate surface area is 204 Å². The lowest BCUT2D eigenvalue weighted by atomic mass is 10.0. The van der Waals surface area contributed by atoms with Crippen LogP contribution in [0.2, 0.25) is 0 Å². The zero-order valence-electron chi connectivity index (χ0n) is 20.4. The monoisotopic (exact) mass is 506 g/mol. The quantitative estimate of drug-likeness (QED) is 0.118. The Balaban J connectivity index is 1.38. The van der Waals surface area contributed by atoms with Gasteiger partial charge in [0.1, 0.15) is 12.7 Å². The van der Waals surface area contributed by atoms with Crippen LogP contribution in [0.1, 0.15) is 96.8 Å². The predicted octanol–water partition coefficient (Wildman–Crippen LogP) is 6.39. The molecule has 1 aliphatic rings. The maximum absolute atomic E-state index is 12.0. The van der Waals surface area contributed by atoms with Gasteiger partial charge in [-0.25, -0.2) is 4.57 Å². The van der Waals surface area contributed by atoms with Crippen LogP contribution in [-0.4, -0.2) is 37.1 Å². The summed E-state index contributed by atoms with van der Waals surface area (Å²) in [6, 6.07) is 0. The van der Waals surface area contributed by atoms with Crippen molar-refractivity contribution in [1.82, 2.24) is 0 Å². The molecule has 2 rings (SSSR count). The second-order valence-corrected chi connectivity index (χ2v) is 11.1. The van der Waals surface area contributed by atoms with Gasteiger partial charge < -0.3 is 14.4 Å². The molecule has 0 bridgehead atoms. The van der Waals surface area contributed by atoms with E-state index in [0.29, 0.717) is 13.2 Å². The molecule has 0 saturated carbocycles. The van der Waals surface area contributed by atoms with Crippen LogP contribution < -0.4 is 4.57 Å². The molecule has 3 atom stereocenters. The van der Waals surface area contributed by atoms with Gasteiger partial charge in [-0.2, -0.15) is 4.57 Å². The summed E-state index contributed by atoms with van der Waals surface area (Å²) in [6.45, 7) is 3.26. The van der Waals surface area contributed by atoms with Crippen molar-refractivity contribution in [3.63, 3.8) is 0 Å². The van der Waals surface area contributed by atoms with Crippen LogP contribution in [0.15, 0.2) is 17.1 Å².